The molecule has 0 bridgehead atoms. The van der Waals surface area contributed by atoms with Crippen molar-refractivity contribution < 1.29 is 31.2 Å². The Kier molecular flexibility index (Phi) is 9.29. The minimum absolute atomic E-state index is 0.114. The Bertz CT molecular complexity index is 1460. The van der Waals surface area contributed by atoms with Gasteiger partial charge in [0.05, 0.1) is 32.4 Å². The summed E-state index contributed by atoms with van der Waals surface area (Å²) in [4.78, 5) is 25.5. The maximum atomic E-state index is 13.6. The summed E-state index contributed by atoms with van der Waals surface area (Å²) in [6.45, 7) is 5.08. The first-order valence-corrected chi connectivity index (χ1v) is 13.6. The van der Waals surface area contributed by atoms with Crippen molar-refractivity contribution in [3.8, 4) is 0 Å². The number of anilines is 2. The third-order valence-electron chi connectivity index (χ3n) is 5.56. The van der Waals surface area contributed by atoms with Crippen LogP contribution in [0.25, 0.3) is 0 Å². The van der Waals surface area contributed by atoms with Crippen LogP contribution in [0.15, 0.2) is 71.6 Å². The molecule has 0 spiro atoms. The van der Waals surface area contributed by atoms with Crippen LogP contribution in [0.5, 0.6) is 0 Å². The van der Waals surface area contributed by atoms with Crippen molar-refractivity contribution >= 4 is 44.8 Å². The predicted octanol–water partition coefficient (Wildman–Crippen LogP) is 5.89. The second-order valence-corrected chi connectivity index (χ2v) is 11.5. The number of carbonyl (C=O) groups excluding carboxylic acids is 2. The summed E-state index contributed by atoms with van der Waals surface area (Å²) in [5.41, 5.74) is -0.644. The van der Waals surface area contributed by atoms with Gasteiger partial charge in [0.25, 0.3) is 15.9 Å². The molecule has 7 nitrogen and oxygen atoms in total. The van der Waals surface area contributed by atoms with Crippen LogP contribution in [-0.4, -0.2) is 33.3 Å². The standard InChI is InChI=1S/C27H27ClF3N3O4S/c1-17(2)15-32-26(36)21-6-4-5-7-24(21)33-25(35)16-34(39(37,38)20-11-8-18(3)9-12-20)19-10-13-23(28)22(14-19)27(29,30)31/h4-14,17H,15-16H2,1-3H3,(H,32,36)(H,33,35). The first-order chi connectivity index (χ1) is 18.2. The fourth-order valence-corrected chi connectivity index (χ4v) is 5.18. The highest BCUT2D eigenvalue weighted by atomic mass is 35.5. The van der Waals surface area contributed by atoms with E-state index in [0.717, 1.165) is 17.7 Å². The highest BCUT2D eigenvalue weighted by molar-refractivity contribution is 7.92. The summed E-state index contributed by atoms with van der Waals surface area (Å²) in [6.07, 6.45) is -4.86. The highest BCUT2D eigenvalue weighted by Gasteiger charge is 2.35. The molecule has 3 rings (SSSR count). The zero-order valence-corrected chi connectivity index (χ0v) is 22.9. The summed E-state index contributed by atoms with van der Waals surface area (Å²) in [7, 11) is -4.50. The number of nitrogens with one attached hydrogen (secondary N) is 2. The molecule has 12 heteroatoms. The van der Waals surface area contributed by atoms with Crippen LogP contribution in [0.3, 0.4) is 0 Å². The number of sulfonamides is 1. The quantitative estimate of drug-likeness (QED) is 0.329. The molecule has 0 fully saturated rings. The minimum Gasteiger partial charge on any atom is -0.352 e. The molecule has 0 heterocycles. The van der Waals surface area contributed by atoms with Crippen LogP contribution in [-0.2, 0) is 21.0 Å². The molecule has 3 aromatic rings. The molecule has 0 unspecified atom stereocenters. The summed E-state index contributed by atoms with van der Waals surface area (Å²) < 4.78 is 68.4. The first-order valence-electron chi connectivity index (χ1n) is 11.8. The van der Waals surface area contributed by atoms with Crippen LogP contribution in [0.4, 0.5) is 24.5 Å². The monoisotopic (exact) mass is 581 g/mol. The Morgan fingerprint density at radius 2 is 1.64 bits per heavy atom. The first kappa shape index (κ1) is 30.0. The number of nitrogens with zero attached hydrogens (tertiary/aromatic N) is 1. The van der Waals surface area contributed by atoms with Gasteiger partial charge < -0.3 is 10.6 Å². The lowest BCUT2D eigenvalue weighted by Gasteiger charge is -2.25. The Morgan fingerprint density at radius 1 is 1.00 bits per heavy atom. The van der Waals surface area contributed by atoms with E-state index in [-0.39, 0.29) is 22.1 Å². The number of halogens is 4. The molecule has 2 N–H and O–H groups in total. The molecule has 39 heavy (non-hydrogen) atoms. The molecule has 0 aliphatic heterocycles. The van der Waals surface area contributed by atoms with E-state index >= 15 is 0 Å². The Balaban J connectivity index is 2.00. The van der Waals surface area contributed by atoms with Crippen LogP contribution in [0, 0.1) is 12.8 Å². The molecule has 2 amide bonds. The molecule has 0 saturated heterocycles. The van der Waals surface area contributed by atoms with Gasteiger partial charge in [-0.1, -0.05) is 55.3 Å². The number of amides is 2. The molecule has 0 atom stereocenters. The van der Waals surface area contributed by atoms with E-state index < -0.39 is 50.8 Å². The van der Waals surface area contributed by atoms with Gasteiger partial charge in [0, 0.05) is 6.54 Å². The normalized spacial score (nSPS) is 11.8. The number of para-hydroxylation sites is 1. The Morgan fingerprint density at radius 3 is 2.26 bits per heavy atom. The van der Waals surface area contributed by atoms with Crippen molar-refractivity contribution in [3.05, 3.63) is 88.4 Å². The molecule has 0 radical (unpaired) electrons. The van der Waals surface area contributed by atoms with Gasteiger partial charge in [0.15, 0.2) is 0 Å². The fraction of sp³-hybridized carbons (Fsp3) is 0.259. The van der Waals surface area contributed by atoms with Gasteiger partial charge in [0.1, 0.15) is 6.54 Å². The van der Waals surface area contributed by atoms with Gasteiger partial charge in [-0.15, -0.1) is 0 Å². The summed E-state index contributed by atoms with van der Waals surface area (Å²) in [6, 6.07) is 14.4. The lowest BCUT2D eigenvalue weighted by molar-refractivity contribution is -0.137. The second-order valence-electron chi connectivity index (χ2n) is 9.18. The molecule has 3 aromatic carbocycles. The minimum atomic E-state index is -4.86. The van der Waals surface area contributed by atoms with Crippen molar-refractivity contribution in [2.75, 3.05) is 22.7 Å². The summed E-state index contributed by atoms with van der Waals surface area (Å²) >= 11 is 5.73. The van der Waals surface area contributed by atoms with Crippen molar-refractivity contribution in [1.29, 1.82) is 0 Å². The van der Waals surface area contributed by atoms with Crippen LogP contribution in [0.2, 0.25) is 5.02 Å². The van der Waals surface area contributed by atoms with Gasteiger partial charge in [-0.05, 0) is 55.3 Å². The van der Waals surface area contributed by atoms with Gasteiger partial charge >= 0.3 is 6.18 Å². The van der Waals surface area contributed by atoms with Gasteiger partial charge in [-0.2, -0.15) is 13.2 Å². The van der Waals surface area contributed by atoms with Crippen LogP contribution in [0.1, 0.15) is 35.3 Å². The molecular formula is C27H27ClF3N3O4S. The lowest BCUT2D eigenvalue weighted by Crippen LogP contribution is -2.38. The number of hydrogen-bond acceptors (Lipinski definition) is 4. The molecule has 0 aliphatic rings. The molecule has 0 aromatic heterocycles. The molecule has 208 valence electrons. The van der Waals surface area contributed by atoms with E-state index in [4.69, 9.17) is 11.6 Å². The Labute approximate surface area is 230 Å². The zero-order chi connectivity index (χ0) is 29.0. The maximum Gasteiger partial charge on any atom is 0.417 e. The summed E-state index contributed by atoms with van der Waals surface area (Å²) in [5.74, 6) is -1.15. The van der Waals surface area contributed by atoms with Crippen LogP contribution < -0.4 is 14.9 Å². The number of alkyl halides is 3. The average Bonchev–Trinajstić information content (AvgIpc) is 2.86. The van der Waals surface area contributed by atoms with E-state index in [2.05, 4.69) is 10.6 Å². The number of benzene rings is 3. The molecular weight excluding hydrogens is 555 g/mol. The Hall–Kier alpha value is -3.57. The largest absolute Gasteiger partial charge is 0.417 e. The molecule has 0 aliphatic carbocycles. The second kappa shape index (κ2) is 12.1. The van der Waals surface area contributed by atoms with E-state index in [1.807, 2.05) is 13.8 Å². The summed E-state index contributed by atoms with van der Waals surface area (Å²) in [5, 5.41) is 4.63. The van der Waals surface area contributed by atoms with Crippen molar-refractivity contribution in [3.63, 3.8) is 0 Å². The number of rotatable bonds is 9. The highest BCUT2D eigenvalue weighted by Crippen LogP contribution is 2.38. The number of aryl methyl sites for hydroxylation is 1. The fourth-order valence-electron chi connectivity index (χ4n) is 3.54. The number of carbonyl (C=O) groups is 2. The average molecular weight is 582 g/mol. The van der Waals surface area contributed by atoms with E-state index in [9.17, 15) is 31.2 Å². The predicted molar refractivity (Wildman–Crippen MR) is 144 cm³/mol. The smallest absolute Gasteiger partial charge is 0.352 e. The lowest BCUT2D eigenvalue weighted by atomic mass is 10.1. The maximum absolute atomic E-state index is 13.6. The zero-order valence-electron chi connectivity index (χ0n) is 21.3. The third-order valence-corrected chi connectivity index (χ3v) is 7.67. The van der Waals surface area contributed by atoms with Gasteiger partial charge in [0.2, 0.25) is 5.91 Å². The SMILES string of the molecule is Cc1ccc(S(=O)(=O)N(CC(=O)Nc2ccccc2C(=O)NCC(C)C)c2ccc(Cl)c(C(F)(F)F)c2)cc1. The topological polar surface area (TPSA) is 95.6 Å². The number of hydrogen-bond donors (Lipinski definition) is 2. The van der Waals surface area contributed by atoms with E-state index in [0.29, 0.717) is 16.9 Å². The van der Waals surface area contributed by atoms with Crippen molar-refractivity contribution in [2.45, 2.75) is 31.8 Å². The third kappa shape index (κ3) is 7.51. The van der Waals surface area contributed by atoms with Gasteiger partial charge in [-0.3, -0.25) is 13.9 Å². The van der Waals surface area contributed by atoms with Crippen LogP contribution >= 0.6 is 11.6 Å². The van der Waals surface area contributed by atoms with E-state index in [1.54, 1.807) is 19.1 Å². The van der Waals surface area contributed by atoms with Crippen molar-refractivity contribution in [1.82, 2.24) is 5.32 Å². The van der Waals surface area contributed by atoms with Gasteiger partial charge in [-0.25, -0.2) is 8.42 Å². The van der Waals surface area contributed by atoms with E-state index in [1.165, 1.54) is 36.4 Å². The molecule has 0 saturated carbocycles. The van der Waals surface area contributed by atoms with Crippen molar-refractivity contribution in [2.24, 2.45) is 5.92 Å².